The van der Waals surface area contributed by atoms with Gasteiger partial charge in [-0.1, -0.05) is 41.7 Å². The van der Waals surface area contributed by atoms with E-state index in [-0.39, 0.29) is 10.9 Å². The Morgan fingerprint density at radius 2 is 1.67 bits per heavy atom. The molecule has 2 aromatic rings. The summed E-state index contributed by atoms with van der Waals surface area (Å²) in [6.07, 6.45) is 1.62. The van der Waals surface area contributed by atoms with Crippen molar-refractivity contribution in [2.75, 3.05) is 15.8 Å². The van der Waals surface area contributed by atoms with Crippen LogP contribution in [0.3, 0.4) is 0 Å². The van der Waals surface area contributed by atoms with Crippen LogP contribution < -0.4 is 4.31 Å². The van der Waals surface area contributed by atoms with Crippen LogP contribution in [0.4, 0.5) is 5.69 Å². The zero-order valence-corrected chi connectivity index (χ0v) is 19.1. The summed E-state index contributed by atoms with van der Waals surface area (Å²) in [4.78, 5) is 0.165. The standard InChI is InChI=1S/C19H22Cl3NO2S2/c1-3-26-12-4-5-14(2)23(19-13-16(21)8-11-18(19)22)27(24,25)17-9-6-15(20)7-10-17/h6-11,13-14H,3-5,12H2,1-2H3. The molecule has 27 heavy (non-hydrogen) atoms. The van der Waals surface area contributed by atoms with Crippen LogP contribution in [0.5, 0.6) is 0 Å². The van der Waals surface area contributed by atoms with Gasteiger partial charge in [-0.25, -0.2) is 8.42 Å². The number of sulfonamides is 1. The quantitative estimate of drug-likeness (QED) is 0.383. The molecule has 0 saturated carbocycles. The Morgan fingerprint density at radius 1 is 1.04 bits per heavy atom. The van der Waals surface area contributed by atoms with Crippen molar-refractivity contribution in [2.24, 2.45) is 0 Å². The van der Waals surface area contributed by atoms with Crippen molar-refractivity contribution in [3.63, 3.8) is 0 Å². The number of halogens is 3. The minimum absolute atomic E-state index is 0.165. The summed E-state index contributed by atoms with van der Waals surface area (Å²) in [5.41, 5.74) is 0.384. The summed E-state index contributed by atoms with van der Waals surface area (Å²) in [6.45, 7) is 4.00. The maximum absolute atomic E-state index is 13.4. The summed E-state index contributed by atoms with van der Waals surface area (Å²) in [5, 5.41) is 1.25. The third kappa shape index (κ3) is 5.94. The second kappa shape index (κ2) is 10.3. The number of thioether (sulfide) groups is 1. The van der Waals surface area contributed by atoms with Crippen LogP contribution in [0.2, 0.25) is 15.1 Å². The molecule has 0 amide bonds. The van der Waals surface area contributed by atoms with Crippen molar-refractivity contribution in [1.29, 1.82) is 0 Å². The number of hydrogen-bond acceptors (Lipinski definition) is 3. The molecule has 0 N–H and O–H groups in total. The third-order valence-corrected chi connectivity index (χ3v) is 7.77. The molecule has 2 aromatic carbocycles. The number of nitrogens with zero attached hydrogens (tertiary/aromatic N) is 1. The Balaban J connectivity index is 2.45. The van der Waals surface area contributed by atoms with Crippen LogP contribution >= 0.6 is 46.6 Å². The lowest BCUT2D eigenvalue weighted by atomic mass is 10.2. The summed E-state index contributed by atoms with van der Waals surface area (Å²) in [6, 6.07) is 10.7. The van der Waals surface area contributed by atoms with Gasteiger partial charge in [0.2, 0.25) is 0 Å². The van der Waals surface area contributed by atoms with E-state index in [2.05, 4.69) is 6.92 Å². The van der Waals surface area contributed by atoms with E-state index < -0.39 is 10.0 Å². The average Bonchev–Trinajstić information content (AvgIpc) is 2.62. The molecule has 0 aliphatic carbocycles. The molecular formula is C19H22Cl3NO2S2. The molecule has 148 valence electrons. The molecule has 0 fully saturated rings. The molecule has 0 spiro atoms. The molecule has 0 aliphatic heterocycles. The van der Waals surface area contributed by atoms with Crippen molar-refractivity contribution < 1.29 is 8.42 Å². The summed E-state index contributed by atoms with van der Waals surface area (Å²) >= 11 is 20.2. The molecule has 0 radical (unpaired) electrons. The Labute approximate surface area is 181 Å². The van der Waals surface area contributed by atoms with Crippen LogP contribution in [0.1, 0.15) is 26.7 Å². The summed E-state index contributed by atoms with van der Waals surface area (Å²) in [7, 11) is -3.83. The lowest BCUT2D eigenvalue weighted by Gasteiger charge is -2.31. The second-order valence-electron chi connectivity index (χ2n) is 6.04. The molecular weight excluding hydrogens is 445 g/mol. The number of anilines is 1. The normalized spacial score (nSPS) is 12.8. The summed E-state index contributed by atoms with van der Waals surface area (Å²) in [5.74, 6) is 2.03. The minimum atomic E-state index is -3.83. The van der Waals surface area contributed by atoms with E-state index in [0.717, 1.165) is 17.9 Å². The van der Waals surface area contributed by atoms with E-state index in [0.29, 0.717) is 27.2 Å². The molecule has 8 heteroatoms. The van der Waals surface area contributed by atoms with E-state index in [1.807, 2.05) is 18.7 Å². The molecule has 1 unspecified atom stereocenters. The first kappa shape index (κ1) is 22.7. The van der Waals surface area contributed by atoms with Crippen LogP contribution in [-0.2, 0) is 10.0 Å². The van der Waals surface area contributed by atoms with E-state index >= 15 is 0 Å². The van der Waals surface area contributed by atoms with Gasteiger partial charge in [0.1, 0.15) is 0 Å². The molecule has 1 atom stereocenters. The first-order valence-corrected chi connectivity index (χ1v) is 12.3. The van der Waals surface area contributed by atoms with Gasteiger partial charge in [-0.15, -0.1) is 0 Å². The molecule has 3 nitrogen and oxygen atoms in total. The molecule has 0 aliphatic rings. The topological polar surface area (TPSA) is 37.4 Å². The predicted octanol–water partition coefficient (Wildman–Crippen LogP) is 6.76. The van der Waals surface area contributed by atoms with Crippen LogP contribution in [0.25, 0.3) is 0 Å². The predicted molar refractivity (Wildman–Crippen MR) is 119 cm³/mol. The van der Waals surface area contributed by atoms with Crippen LogP contribution in [0.15, 0.2) is 47.4 Å². The second-order valence-corrected chi connectivity index (χ2v) is 10.5. The summed E-state index contributed by atoms with van der Waals surface area (Å²) < 4.78 is 28.2. The first-order chi connectivity index (χ1) is 12.8. The maximum atomic E-state index is 13.4. The van der Waals surface area contributed by atoms with Crippen molar-refractivity contribution in [2.45, 2.75) is 37.6 Å². The highest BCUT2D eigenvalue weighted by molar-refractivity contribution is 7.99. The van der Waals surface area contributed by atoms with E-state index in [4.69, 9.17) is 34.8 Å². The third-order valence-electron chi connectivity index (χ3n) is 4.03. The maximum Gasteiger partial charge on any atom is 0.264 e. The zero-order valence-electron chi connectivity index (χ0n) is 15.2. The Hall–Kier alpha value is -0.590. The van der Waals surface area contributed by atoms with Gasteiger partial charge in [-0.05, 0) is 73.7 Å². The largest absolute Gasteiger partial charge is 0.264 e. The highest BCUT2D eigenvalue weighted by atomic mass is 35.5. The fraction of sp³-hybridized carbons (Fsp3) is 0.368. The van der Waals surface area contributed by atoms with Gasteiger partial charge >= 0.3 is 0 Å². The van der Waals surface area contributed by atoms with Gasteiger partial charge in [-0.2, -0.15) is 11.8 Å². The number of benzene rings is 2. The van der Waals surface area contributed by atoms with Gasteiger partial charge in [0.25, 0.3) is 10.0 Å². The minimum Gasteiger partial charge on any atom is -0.262 e. The molecule has 0 bridgehead atoms. The average molecular weight is 467 g/mol. The van der Waals surface area contributed by atoms with E-state index in [9.17, 15) is 8.42 Å². The zero-order chi connectivity index (χ0) is 20.0. The van der Waals surface area contributed by atoms with Crippen molar-refractivity contribution >= 4 is 62.3 Å². The lowest BCUT2D eigenvalue weighted by molar-refractivity contribution is 0.570. The fourth-order valence-electron chi connectivity index (χ4n) is 2.72. The van der Waals surface area contributed by atoms with Gasteiger partial charge < -0.3 is 0 Å². The van der Waals surface area contributed by atoms with E-state index in [1.54, 1.807) is 30.3 Å². The smallest absolute Gasteiger partial charge is 0.262 e. The van der Waals surface area contributed by atoms with Crippen LogP contribution in [-0.4, -0.2) is 26.0 Å². The fourth-order valence-corrected chi connectivity index (χ4v) is 5.63. The lowest BCUT2D eigenvalue weighted by Crippen LogP contribution is -2.39. The molecule has 0 aromatic heterocycles. The highest BCUT2D eigenvalue weighted by Gasteiger charge is 2.31. The number of rotatable bonds is 9. The molecule has 0 saturated heterocycles. The van der Waals surface area contributed by atoms with Gasteiger partial charge in [0.15, 0.2) is 0 Å². The Bertz CT molecular complexity index is 858. The van der Waals surface area contributed by atoms with Gasteiger partial charge in [0.05, 0.1) is 15.6 Å². The van der Waals surface area contributed by atoms with Crippen molar-refractivity contribution in [3.05, 3.63) is 57.5 Å². The Morgan fingerprint density at radius 3 is 2.30 bits per heavy atom. The van der Waals surface area contributed by atoms with Gasteiger partial charge in [-0.3, -0.25) is 4.31 Å². The van der Waals surface area contributed by atoms with Crippen molar-refractivity contribution in [1.82, 2.24) is 0 Å². The van der Waals surface area contributed by atoms with Crippen LogP contribution in [0, 0.1) is 0 Å². The monoisotopic (exact) mass is 465 g/mol. The molecule has 2 rings (SSSR count). The SMILES string of the molecule is CCSCCCC(C)N(c1cc(Cl)ccc1Cl)S(=O)(=O)c1ccc(Cl)cc1. The van der Waals surface area contributed by atoms with Crippen molar-refractivity contribution in [3.8, 4) is 0 Å². The number of hydrogen-bond donors (Lipinski definition) is 0. The van der Waals surface area contributed by atoms with Gasteiger partial charge in [0, 0.05) is 16.1 Å². The highest BCUT2D eigenvalue weighted by Crippen LogP contribution is 2.35. The molecule has 0 heterocycles. The first-order valence-electron chi connectivity index (χ1n) is 8.60. The van der Waals surface area contributed by atoms with E-state index in [1.165, 1.54) is 16.4 Å². The Kier molecular flexibility index (Phi) is 8.63.